The van der Waals surface area contributed by atoms with Crippen LogP contribution in [0.2, 0.25) is 0 Å². The molecule has 278 valence electrons. The van der Waals surface area contributed by atoms with Gasteiger partial charge in [-0.2, -0.15) is 0 Å². The monoisotopic (exact) mass is 716 g/mol. The zero-order valence-corrected chi connectivity index (χ0v) is 32.3. The average Bonchev–Trinajstić information content (AvgIpc) is 4.05. The smallest absolute Gasteiger partial charge is 0.0737 e. The van der Waals surface area contributed by atoms with Crippen LogP contribution in [0.15, 0.2) is 73.3 Å². The fraction of sp³-hybridized carbons (Fsp3) is 0.375. The van der Waals surface area contributed by atoms with Gasteiger partial charge in [-0.1, -0.05) is 90.9 Å². The highest BCUT2D eigenvalue weighted by atomic mass is 14.8. The summed E-state index contributed by atoms with van der Waals surface area (Å²) in [5.41, 5.74) is 15.2. The van der Waals surface area contributed by atoms with Crippen LogP contribution in [-0.4, -0.2) is 29.9 Å². The van der Waals surface area contributed by atoms with Gasteiger partial charge in [0.2, 0.25) is 0 Å². The lowest BCUT2D eigenvalue weighted by Gasteiger charge is -2.07. The number of unbranched alkanes of at least 4 members (excludes halogenated alkanes) is 12. The first-order chi connectivity index (χ1) is 26.7. The molecule has 0 aromatic carbocycles. The maximum absolute atomic E-state index is 5.44. The number of fused-ring (bicyclic) bond motifs is 8. The van der Waals surface area contributed by atoms with E-state index in [2.05, 4.69) is 107 Å². The lowest BCUT2D eigenvalue weighted by molar-refractivity contribution is 0.588. The number of nitrogens with one attached hydrogen (secondary N) is 2. The summed E-state index contributed by atoms with van der Waals surface area (Å²) in [4.78, 5) is 27.3. The van der Waals surface area contributed by atoms with Gasteiger partial charge in [0, 0.05) is 69.1 Å². The summed E-state index contributed by atoms with van der Waals surface area (Å²) >= 11 is 0. The van der Waals surface area contributed by atoms with Crippen molar-refractivity contribution in [2.45, 2.75) is 117 Å². The molecule has 6 nitrogen and oxygen atoms in total. The van der Waals surface area contributed by atoms with Gasteiger partial charge in [0.15, 0.2) is 0 Å². The van der Waals surface area contributed by atoms with E-state index in [1.54, 1.807) is 0 Å². The summed E-state index contributed by atoms with van der Waals surface area (Å²) in [5, 5.41) is 0. The van der Waals surface area contributed by atoms with Crippen LogP contribution in [0.4, 0.5) is 0 Å². The maximum atomic E-state index is 5.44. The zero-order chi connectivity index (χ0) is 37.0. The molecule has 0 atom stereocenters. The molecule has 54 heavy (non-hydrogen) atoms. The van der Waals surface area contributed by atoms with E-state index in [0.29, 0.717) is 0 Å². The summed E-state index contributed by atoms with van der Waals surface area (Å²) in [5.74, 6) is 0. The van der Waals surface area contributed by atoms with Crippen LogP contribution in [0.1, 0.15) is 138 Å². The molecule has 2 aliphatic heterocycles. The Morgan fingerprint density at radius 3 is 1.33 bits per heavy atom. The van der Waals surface area contributed by atoms with Gasteiger partial charge in [-0.15, -0.1) is 0 Å². The minimum atomic E-state index is 0.944. The number of aryl methyl sites for hydroxylation is 1. The highest BCUT2D eigenvalue weighted by Gasteiger charge is 2.18. The minimum absolute atomic E-state index is 0.944. The normalized spacial score (nSPS) is 12.2. The van der Waals surface area contributed by atoms with Crippen molar-refractivity contribution < 1.29 is 0 Å². The molecule has 2 aliphatic rings. The zero-order valence-electron chi connectivity index (χ0n) is 32.3. The third-order valence-corrected chi connectivity index (χ3v) is 11.0. The first kappa shape index (κ1) is 37.2. The number of pyridine rings is 2. The van der Waals surface area contributed by atoms with E-state index in [0.717, 1.165) is 92.8 Å². The van der Waals surface area contributed by atoms with Gasteiger partial charge in [-0.05, 0) is 110 Å². The third-order valence-electron chi connectivity index (χ3n) is 11.0. The second-order valence-electron chi connectivity index (χ2n) is 14.9. The van der Waals surface area contributed by atoms with E-state index in [-0.39, 0.29) is 0 Å². The lowest BCUT2D eigenvalue weighted by atomic mass is 10.0. The Hall–Kier alpha value is -5.10. The topological polar surface area (TPSA) is 83.1 Å². The molecule has 7 heterocycles. The number of hydrogen-bond acceptors (Lipinski definition) is 4. The van der Waals surface area contributed by atoms with Crippen molar-refractivity contribution >= 4 is 46.4 Å². The second-order valence-corrected chi connectivity index (χ2v) is 14.9. The maximum Gasteiger partial charge on any atom is 0.0737 e. The fourth-order valence-corrected chi connectivity index (χ4v) is 8.01. The SMILES string of the molecule is CCCCCCCCCc1c2nc(c(CCCCCCCCC)c3ccc([nH]3)c(-c3ccncc3)c3ccc([nH]3)c(-c3ccncc3)c3nc1C=C3)C=C2. The largest absolute Gasteiger partial charge is 0.355 e. The predicted molar refractivity (Wildman–Crippen MR) is 229 cm³/mol. The van der Waals surface area contributed by atoms with Gasteiger partial charge in [-0.25, -0.2) is 9.97 Å². The van der Waals surface area contributed by atoms with Gasteiger partial charge in [0.05, 0.1) is 22.8 Å². The van der Waals surface area contributed by atoms with Crippen LogP contribution < -0.4 is 0 Å². The Balaban J connectivity index is 1.42. The first-order valence-corrected chi connectivity index (χ1v) is 20.7. The van der Waals surface area contributed by atoms with E-state index >= 15 is 0 Å². The number of nitrogens with zero attached hydrogens (tertiary/aromatic N) is 4. The van der Waals surface area contributed by atoms with E-state index in [4.69, 9.17) is 9.97 Å². The Morgan fingerprint density at radius 2 is 0.778 bits per heavy atom. The molecule has 0 saturated heterocycles. The van der Waals surface area contributed by atoms with Crippen LogP contribution in [0.3, 0.4) is 0 Å². The molecule has 0 unspecified atom stereocenters. The molecule has 0 saturated carbocycles. The molecule has 0 amide bonds. The highest BCUT2D eigenvalue weighted by Crippen LogP contribution is 2.35. The number of H-pyrrole nitrogens is 2. The van der Waals surface area contributed by atoms with E-state index in [1.807, 2.05) is 24.8 Å². The third kappa shape index (κ3) is 8.98. The van der Waals surface area contributed by atoms with Crippen molar-refractivity contribution in [1.82, 2.24) is 29.9 Å². The quantitative estimate of drug-likeness (QED) is 0.0866. The fourth-order valence-electron chi connectivity index (χ4n) is 8.01. The van der Waals surface area contributed by atoms with Crippen molar-refractivity contribution in [1.29, 1.82) is 0 Å². The van der Waals surface area contributed by atoms with Gasteiger partial charge < -0.3 is 9.97 Å². The van der Waals surface area contributed by atoms with Crippen LogP contribution in [0, 0.1) is 0 Å². The van der Waals surface area contributed by atoms with E-state index < -0.39 is 0 Å². The van der Waals surface area contributed by atoms with Crippen LogP contribution in [0.5, 0.6) is 0 Å². The molecule has 5 aromatic heterocycles. The van der Waals surface area contributed by atoms with Crippen LogP contribution >= 0.6 is 0 Å². The van der Waals surface area contributed by atoms with Gasteiger partial charge in [0.1, 0.15) is 0 Å². The van der Waals surface area contributed by atoms with Crippen molar-refractivity contribution in [2.75, 3.05) is 0 Å². The number of rotatable bonds is 18. The van der Waals surface area contributed by atoms with Crippen molar-refractivity contribution in [2.24, 2.45) is 0 Å². The van der Waals surface area contributed by atoms with Crippen molar-refractivity contribution in [3.8, 4) is 22.3 Å². The molecular weight excluding hydrogens is 661 g/mol. The second kappa shape index (κ2) is 18.8. The van der Waals surface area contributed by atoms with Gasteiger partial charge in [-0.3, -0.25) is 9.97 Å². The Morgan fingerprint density at radius 1 is 0.389 bits per heavy atom. The summed E-state index contributed by atoms with van der Waals surface area (Å²) in [6.07, 6.45) is 36.1. The molecule has 0 radical (unpaired) electrons. The van der Waals surface area contributed by atoms with Crippen molar-refractivity contribution in [3.63, 3.8) is 0 Å². The summed E-state index contributed by atoms with van der Waals surface area (Å²) in [6.45, 7) is 4.57. The molecule has 5 aromatic rings. The molecule has 7 rings (SSSR count). The van der Waals surface area contributed by atoms with Crippen LogP contribution in [-0.2, 0) is 12.8 Å². The summed E-state index contributed by atoms with van der Waals surface area (Å²) < 4.78 is 0. The average molecular weight is 717 g/mol. The van der Waals surface area contributed by atoms with Gasteiger partial charge >= 0.3 is 0 Å². The standard InChI is InChI=1S/C48H56N6/c1-3-5-7-9-11-13-15-17-37-39-19-20-40(51-39)38(18-16-14-12-10-8-6-4-2)42-22-24-44(53-42)48(36-29-33-50-34-30-36)46-26-25-45(54-46)47(35-27-31-49-32-28-35)43-23-21-41(37)52-43/h19-34,52,54H,3-18H2,1-2H3. The molecule has 0 fully saturated rings. The Labute approximate surface area is 321 Å². The molecule has 2 N–H and O–H groups in total. The van der Waals surface area contributed by atoms with Gasteiger partial charge in [0.25, 0.3) is 0 Å². The number of hydrogen-bond donors (Lipinski definition) is 2. The van der Waals surface area contributed by atoms with E-state index in [9.17, 15) is 0 Å². The predicted octanol–water partition coefficient (Wildman–Crippen LogP) is 13.4. The molecular formula is C48H56N6. The number of aromatic amines is 2. The molecule has 6 heteroatoms. The minimum Gasteiger partial charge on any atom is -0.355 e. The first-order valence-electron chi connectivity index (χ1n) is 20.7. The summed E-state index contributed by atoms with van der Waals surface area (Å²) in [7, 11) is 0. The molecule has 0 aliphatic carbocycles. The van der Waals surface area contributed by atoms with Crippen molar-refractivity contribution in [3.05, 3.63) is 107 Å². The summed E-state index contributed by atoms with van der Waals surface area (Å²) in [6, 6.07) is 17.2. The highest BCUT2D eigenvalue weighted by molar-refractivity contribution is 5.97. The Kier molecular flexibility index (Phi) is 12.9. The molecule has 0 spiro atoms. The van der Waals surface area contributed by atoms with E-state index in [1.165, 1.54) is 88.2 Å². The lowest BCUT2D eigenvalue weighted by Crippen LogP contribution is -1.96. The number of aromatic nitrogens is 6. The van der Waals surface area contributed by atoms with Crippen LogP contribution in [0.25, 0.3) is 68.6 Å². The molecule has 8 bridgehead atoms. The Bertz CT molecular complexity index is 2210.